The molecule has 1 amide bonds. The Bertz CT molecular complexity index is 631. The van der Waals surface area contributed by atoms with Gasteiger partial charge in [-0.05, 0) is 42.5 Å². The van der Waals surface area contributed by atoms with E-state index in [1.165, 1.54) is 24.9 Å². The molecule has 5 heteroatoms. The van der Waals surface area contributed by atoms with Crippen LogP contribution in [0.25, 0.3) is 0 Å². The van der Waals surface area contributed by atoms with E-state index in [4.69, 9.17) is 9.47 Å². The third kappa shape index (κ3) is 1.78. The summed E-state index contributed by atoms with van der Waals surface area (Å²) in [5.74, 6) is 2.56. The third-order valence-electron chi connectivity index (χ3n) is 5.58. The maximum atomic E-state index is 12.8. The van der Waals surface area contributed by atoms with Gasteiger partial charge >= 0.3 is 0 Å². The second-order valence-corrected chi connectivity index (χ2v) is 6.80. The molecule has 0 spiro atoms. The maximum absolute atomic E-state index is 12.8. The van der Waals surface area contributed by atoms with Gasteiger partial charge in [0.2, 0.25) is 12.7 Å². The van der Waals surface area contributed by atoms with Gasteiger partial charge in [0.25, 0.3) is 0 Å². The van der Waals surface area contributed by atoms with E-state index in [-0.39, 0.29) is 12.7 Å². The second-order valence-electron chi connectivity index (χ2n) is 6.80. The Morgan fingerprint density at radius 2 is 1.91 bits per heavy atom. The lowest BCUT2D eigenvalue weighted by atomic mass is 9.84. The Balaban J connectivity index is 1.43. The first-order chi connectivity index (χ1) is 10.8. The zero-order chi connectivity index (χ0) is 14.7. The molecule has 0 N–H and O–H groups in total. The lowest BCUT2D eigenvalue weighted by Crippen LogP contribution is -2.68. The average Bonchev–Trinajstić information content (AvgIpc) is 2.92. The minimum absolute atomic E-state index is 0.263. The topological polar surface area (TPSA) is 42.0 Å². The number of piperidine rings is 2. The Hall–Kier alpha value is -1.75. The fraction of sp³-hybridized carbons (Fsp3) is 0.588. The molecule has 5 nitrogen and oxygen atoms in total. The summed E-state index contributed by atoms with van der Waals surface area (Å²) in [4.78, 5) is 17.4. The third-order valence-corrected chi connectivity index (χ3v) is 5.58. The maximum Gasteiger partial charge on any atom is 0.231 e. The van der Waals surface area contributed by atoms with Gasteiger partial charge in [-0.15, -0.1) is 0 Å². The Labute approximate surface area is 129 Å². The molecule has 0 saturated carbocycles. The number of ether oxygens (including phenoxy) is 2. The number of amides is 1. The van der Waals surface area contributed by atoms with E-state index in [0.29, 0.717) is 18.5 Å². The van der Waals surface area contributed by atoms with Crippen molar-refractivity contribution in [1.82, 2.24) is 9.80 Å². The van der Waals surface area contributed by atoms with E-state index in [2.05, 4.69) is 15.9 Å². The first-order valence-corrected chi connectivity index (χ1v) is 8.24. The number of fused-ring (bicyclic) bond motifs is 4. The van der Waals surface area contributed by atoms with Crippen LogP contribution < -0.4 is 9.47 Å². The van der Waals surface area contributed by atoms with Crippen LogP contribution in [0.15, 0.2) is 12.1 Å². The van der Waals surface area contributed by atoms with Crippen LogP contribution >= 0.6 is 0 Å². The largest absolute Gasteiger partial charge is 0.454 e. The van der Waals surface area contributed by atoms with Crippen LogP contribution in [-0.4, -0.2) is 48.3 Å². The average molecular weight is 300 g/mol. The minimum atomic E-state index is 0.263. The molecule has 2 bridgehead atoms. The zero-order valence-electron chi connectivity index (χ0n) is 12.6. The van der Waals surface area contributed by atoms with Crippen LogP contribution in [0.2, 0.25) is 0 Å². The molecule has 2 saturated heterocycles. The molecular formula is C17H20N2O3. The van der Waals surface area contributed by atoms with Gasteiger partial charge in [-0.2, -0.15) is 0 Å². The highest BCUT2D eigenvalue weighted by atomic mass is 16.7. The molecule has 3 unspecified atom stereocenters. The number of carbonyl (C=O) groups excluding carboxylic acids is 1. The van der Waals surface area contributed by atoms with Crippen LogP contribution in [0.3, 0.4) is 0 Å². The molecule has 1 aromatic rings. The van der Waals surface area contributed by atoms with Gasteiger partial charge in [0, 0.05) is 25.6 Å². The standard InChI is InChI=1S/C17H20N2O3/c20-16-8-13-7-15-14(21-10-22-15)6-11(13)3-5-19(16)17-12-2-1-4-18(17)9-12/h6-7,12,17H,1-5,8-10H2. The monoisotopic (exact) mass is 300 g/mol. The summed E-state index contributed by atoms with van der Waals surface area (Å²) in [5, 5.41) is 0. The van der Waals surface area contributed by atoms with Crippen molar-refractivity contribution in [2.45, 2.75) is 31.8 Å². The fourth-order valence-corrected chi connectivity index (χ4v) is 4.47. The lowest BCUT2D eigenvalue weighted by molar-refractivity contribution is -0.158. The Morgan fingerprint density at radius 3 is 2.64 bits per heavy atom. The highest BCUT2D eigenvalue weighted by Gasteiger charge is 2.46. The van der Waals surface area contributed by atoms with E-state index in [1.54, 1.807) is 0 Å². The van der Waals surface area contributed by atoms with Crippen LogP contribution in [0, 0.1) is 5.92 Å². The number of benzene rings is 1. The van der Waals surface area contributed by atoms with Gasteiger partial charge < -0.3 is 14.4 Å². The van der Waals surface area contributed by atoms with E-state index in [1.807, 2.05) is 6.07 Å². The fourth-order valence-electron chi connectivity index (χ4n) is 4.47. The van der Waals surface area contributed by atoms with Crippen molar-refractivity contribution in [2.24, 2.45) is 5.92 Å². The summed E-state index contributed by atoms with van der Waals surface area (Å²) in [6, 6.07) is 4.07. The van der Waals surface area contributed by atoms with Crippen LogP contribution in [0.4, 0.5) is 0 Å². The zero-order valence-corrected chi connectivity index (χ0v) is 12.6. The van der Waals surface area contributed by atoms with Crippen molar-refractivity contribution in [2.75, 3.05) is 26.4 Å². The van der Waals surface area contributed by atoms with Gasteiger partial charge in [0.15, 0.2) is 11.5 Å². The predicted molar refractivity (Wildman–Crippen MR) is 79.8 cm³/mol. The number of hydrogen-bond acceptors (Lipinski definition) is 4. The molecular weight excluding hydrogens is 280 g/mol. The van der Waals surface area contributed by atoms with Crippen molar-refractivity contribution in [3.05, 3.63) is 23.3 Å². The number of carbonyl (C=O) groups is 1. The predicted octanol–water partition coefficient (Wildman–Crippen LogP) is 1.39. The Kier molecular flexibility index (Phi) is 2.68. The minimum Gasteiger partial charge on any atom is -0.454 e. The molecule has 0 radical (unpaired) electrons. The van der Waals surface area contributed by atoms with Gasteiger partial charge in [-0.25, -0.2) is 0 Å². The lowest BCUT2D eigenvalue weighted by Gasteiger charge is -2.56. The second kappa shape index (κ2) is 4.62. The van der Waals surface area contributed by atoms with Crippen molar-refractivity contribution >= 4 is 5.91 Å². The smallest absolute Gasteiger partial charge is 0.231 e. The molecule has 0 aliphatic carbocycles. The van der Waals surface area contributed by atoms with E-state index in [9.17, 15) is 4.79 Å². The highest BCUT2D eigenvalue weighted by molar-refractivity contribution is 5.80. The number of rotatable bonds is 1. The van der Waals surface area contributed by atoms with E-state index < -0.39 is 0 Å². The molecule has 4 heterocycles. The molecule has 3 atom stereocenters. The molecule has 4 aliphatic rings. The normalized spacial score (nSPS) is 32.3. The molecule has 5 rings (SSSR count). The van der Waals surface area contributed by atoms with Crippen LogP contribution in [0.1, 0.15) is 24.0 Å². The molecule has 2 fully saturated rings. The first kappa shape index (κ1) is 12.8. The highest BCUT2D eigenvalue weighted by Crippen LogP contribution is 2.39. The van der Waals surface area contributed by atoms with Crippen LogP contribution in [0.5, 0.6) is 11.5 Å². The van der Waals surface area contributed by atoms with Gasteiger partial charge in [-0.1, -0.05) is 0 Å². The first-order valence-electron chi connectivity index (χ1n) is 8.24. The van der Waals surface area contributed by atoms with Crippen LogP contribution in [-0.2, 0) is 17.6 Å². The summed E-state index contributed by atoms with van der Waals surface area (Å²) in [6.45, 7) is 3.44. The quantitative estimate of drug-likeness (QED) is 0.786. The summed E-state index contributed by atoms with van der Waals surface area (Å²) in [6.07, 6.45) is 4.31. The van der Waals surface area contributed by atoms with Gasteiger partial charge in [-0.3, -0.25) is 9.69 Å². The van der Waals surface area contributed by atoms with Gasteiger partial charge in [0.1, 0.15) is 0 Å². The molecule has 1 aromatic carbocycles. The summed E-state index contributed by atoms with van der Waals surface area (Å²) < 4.78 is 10.9. The number of hydrogen-bond donors (Lipinski definition) is 0. The number of nitrogens with zero attached hydrogens (tertiary/aromatic N) is 2. The SMILES string of the molecule is O=C1Cc2cc3c(cc2CCN1C1C2CCCN1C2)OCO3. The molecule has 0 aromatic heterocycles. The van der Waals surface area contributed by atoms with E-state index in [0.717, 1.165) is 36.6 Å². The van der Waals surface area contributed by atoms with E-state index >= 15 is 0 Å². The molecule has 4 aliphatic heterocycles. The molecule has 116 valence electrons. The summed E-state index contributed by atoms with van der Waals surface area (Å²) in [7, 11) is 0. The van der Waals surface area contributed by atoms with Crippen molar-refractivity contribution in [1.29, 1.82) is 0 Å². The van der Waals surface area contributed by atoms with Gasteiger partial charge in [0.05, 0.1) is 12.6 Å². The summed E-state index contributed by atoms with van der Waals surface area (Å²) in [5.41, 5.74) is 2.34. The van der Waals surface area contributed by atoms with Crippen molar-refractivity contribution in [3.63, 3.8) is 0 Å². The van der Waals surface area contributed by atoms with Crippen molar-refractivity contribution in [3.8, 4) is 11.5 Å². The molecule has 22 heavy (non-hydrogen) atoms. The summed E-state index contributed by atoms with van der Waals surface area (Å²) >= 11 is 0. The Morgan fingerprint density at radius 1 is 1.09 bits per heavy atom. The van der Waals surface area contributed by atoms with Crippen molar-refractivity contribution < 1.29 is 14.3 Å².